The average molecular weight is 275 g/mol. The van der Waals surface area contributed by atoms with Crippen molar-refractivity contribution >= 4 is 11.6 Å². The van der Waals surface area contributed by atoms with Crippen molar-refractivity contribution in [3.05, 3.63) is 24.0 Å². The van der Waals surface area contributed by atoms with Crippen LogP contribution in [0.1, 0.15) is 50.0 Å². The van der Waals surface area contributed by atoms with Gasteiger partial charge in [0.1, 0.15) is 5.69 Å². The lowest BCUT2D eigenvalue weighted by molar-refractivity contribution is 0.0718. The van der Waals surface area contributed by atoms with Crippen LogP contribution in [-0.2, 0) is 0 Å². The summed E-state index contributed by atoms with van der Waals surface area (Å²) >= 11 is 0. The van der Waals surface area contributed by atoms with Gasteiger partial charge in [0.15, 0.2) is 0 Å². The highest BCUT2D eigenvalue weighted by Gasteiger charge is 2.19. The van der Waals surface area contributed by atoms with E-state index in [4.69, 9.17) is 0 Å². The number of likely N-dealkylation sites (tertiary alicyclic amines) is 1. The van der Waals surface area contributed by atoms with Gasteiger partial charge in [-0.2, -0.15) is 0 Å². The number of rotatable bonds is 5. The molecule has 1 aromatic rings. The highest BCUT2D eigenvalue weighted by atomic mass is 16.2. The van der Waals surface area contributed by atoms with Gasteiger partial charge in [-0.25, -0.2) is 0 Å². The summed E-state index contributed by atoms with van der Waals surface area (Å²) in [6, 6.07) is 3.80. The lowest BCUT2D eigenvalue weighted by atomic mass is 10.1. The van der Waals surface area contributed by atoms with Crippen LogP contribution in [0.3, 0.4) is 0 Å². The van der Waals surface area contributed by atoms with E-state index in [0.717, 1.165) is 44.6 Å². The first kappa shape index (κ1) is 14.8. The monoisotopic (exact) mass is 275 g/mol. The number of nitrogens with one attached hydrogen (secondary N) is 1. The molecule has 1 N–H and O–H groups in total. The smallest absolute Gasteiger partial charge is 0.272 e. The minimum atomic E-state index is 0.0669. The molecule has 1 saturated heterocycles. The Bertz CT molecular complexity index is 439. The Labute approximate surface area is 121 Å². The second kappa shape index (κ2) is 7.27. The maximum Gasteiger partial charge on any atom is 0.272 e. The zero-order valence-corrected chi connectivity index (χ0v) is 12.6. The highest BCUT2D eigenvalue weighted by molar-refractivity contribution is 5.93. The lowest BCUT2D eigenvalue weighted by Crippen LogP contribution is -2.36. The first-order valence-corrected chi connectivity index (χ1v) is 7.66. The van der Waals surface area contributed by atoms with Gasteiger partial charge in [0.25, 0.3) is 5.91 Å². The fourth-order valence-corrected chi connectivity index (χ4v) is 2.42. The first-order valence-electron chi connectivity index (χ1n) is 7.66. The predicted octanol–water partition coefficient (Wildman–Crippen LogP) is 3.17. The molecule has 0 spiro atoms. The number of pyridine rings is 1. The van der Waals surface area contributed by atoms with E-state index < -0.39 is 0 Å². The lowest BCUT2D eigenvalue weighted by Gasteiger charge is -2.26. The molecule has 0 atom stereocenters. The Morgan fingerprint density at radius 2 is 2.10 bits per heavy atom. The van der Waals surface area contributed by atoms with Gasteiger partial charge in [-0.3, -0.25) is 9.78 Å². The van der Waals surface area contributed by atoms with E-state index in [1.807, 2.05) is 17.0 Å². The maximum absolute atomic E-state index is 12.4. The third kappa shape index (κ3) is 4.22. The number of anilines is 1. The Kier molecular flexibility index (Phi) is 5.39. The minimum absolute atomic E-state index is 0.0669. The van der Waals surface area contributed by atoms with Crippen molar-refractivity contribution in [3.8, 4) is 0 Å². The number of aromatic nitrogens is 1. The largest absolute Gasteiger partial charge is 0.385 e. The number of amides is 1. The van der Waals surface area contributed by atoms with Gasteiger partial charge in [-0.05, 0) is 43.7 Å². The van der Waals surface area contributed by atoms with E-state index in [1.165, 1.54) is 6.42 Å². The molecule has 2 heterocycles. The van der Waals surface area contributed by atoms with Crippen molar-refractivity contribution < 1.29 is 4.79 Å². The molecule has 20 heavy (non-hydrogen) atoms. The van der Waals surface area contributed by atoms with Crippen LogP contribution in [-0.4, -0.2) is 35.4 Å². The van der Waals surface area contributed by atoms with Crippen LogP contribution in [0, 0.1) is 5.92 Å². The van der Waals surface area contributed by atoms with Crippen LogP contribution in [0.25, 0.3) is 0 Å². The summed E-state index contributed by atoms with van der Waals surface area (Å²) in [5.74, 6) is 0.746. The summed E-state index contributed by atoms with van der Waals surface area (Å²) in [5.41, 5.74) is 1.54. The molecule has 0 saturated carbocycles. The summed E-state index contributed by atoms with van der Waals surface area (Å²) in [6.07, 6.45) is 6.29. The van der Waals surface area contributed by atoms with E-state index in [9.17, 15) is 4.79 Å². The van der Waals surface area contributed by atoms with Gasteiger partial charge in [0.2, 0.25) is 0 Å². The quantitative estimate of drug-likeness (QED) is 0.897. The second-order valence-corrected chi connectivity index (χ2v) is 5.89. The molecule has 1 aliphatic heterocycles. The molecule has 2 rings (SSSR count). The Balaban J connectivity index is 1.95. The molecule has 4 nitrogen and oxygen atoms in total. The van der Waals surface area contributed by atoms with E-state index in [1.54, 1.807) is 6.20 Å². The third-order valence-corrected chi connectivity index (χ3v) is 3.67. The molecule has 1 amide bonds. The number of carbonyl (C=O) groups is 1. The standard InChI is InChI=1S/C16H25N3O/c1-13(2)6-8-17-14-7-9-18-15(12-14)16(20)19-10-4-3-5-11-19/h7,9,12-13H,3-6,8,10-11H2,1-2H3,(H,17,18). The Morgan fingerprint density at radius 1 is 1.35 bits per heavy atom. The number of piperidine rings is 1. The highest BCUT2D eigenvalue weighted by Crippen LogP contribution is 2.15. The van der Waals surface area contributed by atoms with Crippen LogP contribution >= 0.6 is 0 Å². The second-order valence-electron chi connectivity index (χ2n) is 5.89. The number of nitrogens with zero attached hydrogens (tertiary/aromatic N) is 2. The SMILES string of the molecule is CC(C)CCNc1ccnc(C(=O)N2CCCCC2)c1. The number of hydrogen-bond acceptors (Lipinski definition) is 3. The molecule has 0 aromatic carbocycles. The first-order chi connectivity index (χ1) is 9.66. The van der Waals surface area contributed by atoms with Crippen LogP contribution in [0.15, 0.2) is 18.3 Å². The molecule has 1 aromatic heterocycles. The molecular formula is C16H25N3O. The summed E-state index contributed by atoms with van der Waals surface area (Å²) in [7, 11) is 0. The van der Waals surface area contributed by atoms with Crippen molar-refractivity contribution in [1.82, 2.24) is 9.88 Å². The molecule has 0 unspecified atom stereocenters. The summed E-state index contributed by atoms with van der Waals surface area (Å²) < 4.78 is 0. The predicted molar refractivity (Wildman–Crippen MR) is 81.9 cm³/mol. The fourth-order valence-electron chi connectivity index (χ4n) is 2.42. The van der Waals surface area contributed by atoms with Crippen LogP contribution < -0.4 is 5.32 Å². The van der Waals surface area contributed by atoms with E-state index in [0.29, 0.717) is 11.6 Å². The van der Waals surface area contributed by atoms with Gasteiger partial charge in [-0.1, -0.05) is 13.8 Å². The third-order valence-electron chi connectivity index (χ3n) is 3.67. The Morgan fingerprint density at radius 3 is 2.80 bits per heavy atom. The van der Waals surface area contributed by atoms with E-state index >= 15 is 0 Å². The van der Waals surface area contributed by atoms with Crippen molar-refractivity contribution in [2.45, 2.75) is 39.5 Å². The zero-order chi connectivity index (χ0) is 14.4. The number of hydrogen-bond donors (Lipinski definition) is 1. The van der Waals surface area contributed by atoms with Gasteiger partial charge >= 0.3 is 0 Å². The number of carbonyl (C=O) groups excluding carboxylic acids is 1. The molecular weight excluding hydrogens is 250 g/mol. The van der Waals surface area contributed by atoms with Crippen molar-refractivity contribution in [2.75, 3.05) is 25.0 Å². The van der Waals surface area contributed by atoms with Crippen molar-refractivity contribution in [1.29, 1.82) is 0 Å². The summed E-state index contributed by atoms with van der Waals surface area (Å²) in [4.78, 5) is 18.5. The van der Waals surface area contributed by atoms with Crippen LogP contribution in [0.5, 0.6) is 0 Å². The van der Waals surface area contributed by atoms with Gasteiger partial charge in [0.05, 0.1) is 0 Å². The Hall–Kier alpha value is -1.58. The fraction of sp³-hybridized carbons (Fsp3) is 0.625. The summed E-state index contributed by atoms with van der Waals surface area (Å²) in [5, 5.41) is 3.36. The van der Waals surface area contributed by atoms with Gasteiger partial charge < -0.3 is 10.2 Å². The molecule has 1 fully saturated rings. The van der Waals surface area contributed by atoms with Crippen LogP contribution in [0.2, 0.25) is 0 Å². The normalized spacial score (nSPS) is 15.4. The zero-order valence-electron chi connectivity index (χ0n) is 12.6. The molecule has 110 valence electrons. The summed E-state index contributed by atoms with van der Waals surface area (Å²) in [6.45, 7) is 7.08. The molecule has 1 aliphatic rings. The molecule has 4 heteroatoms. The van der Waals surface area contributed by atoms with Gasteiger partial charge in [-0.15, -0.1) is 0 Å². The molecule has 0 radical (unpaired) electrons. The topological polar surface area (TPSA) is 45.2 Å². The van der Waals surface area contributed by atoms with E-state index in [2.05, 4.69) is 24.1 Å². The van der Waals surface area contributed by atoms with E-state index in [-0.39, 0.29) is 5.91 Å². The molecule has 0 bridgehead atoms. The van der Waals surface area contributed by atoms with Crippen molar-refractivity contribution in [3.63, 3.8) is 0 Å². The van der Waals surface area contributed by atoms with Crippen LogP contribution in [0.4, 0.5) is 5.69 Å². The minimum Gasteiger partial charge on any atom is -0.385 e. The average Bonchev–Trinajstić information content (AvgIpc) is 2.47. The van der Waals surface area contributed by atoms with Crippen molar-refractivity contribution in [2.24, 2.45) is 5.92 Å². The molecule has 0 aliphatic carbocycles. The van der Waals surface area contributed by atoms with Gasteiger partial charge in [0, 0.05) is 31.5 Å². The maximum atomic E-state index is 12.4.